The van der Waals surface area contributed by atoms with Crippen molar-refractivity contribution in [1.29, 1.82) is 0 Å². The van der Waals surface area contributed by atoms with Crippen molar-refractivity contribution in [2.24, 2.45) is 0 Å². The van der Waals surface area contributed by atoms with Gasteiger partial charge < -0.3 is 4.42 Å². The second-order valence-electron chi connectivity index (χ2n) is 5.21. The second-order valence-corrected chi connectivity index (χ2v) is 6.66. The molecule has 0 saturated carbocycles. The first-order valence-electron chi connectivity index (χ1n) is 7.23. The molecule has 0 amide bonds. The molecule has 0 fully saturated rings. The lowest BCUT2D eigenvalue weighted by molar-refractivity contribution is 0.540. The first-order chi connectivity index (χ1) is 11.1. The zero-order valence-corrected chi connectivity index (χ0v) is 13.5. The maximum atomic E-state index is 13.6. The molecule has 1 aromatic heterocycles. The van der Waals surface area contributed by atoms with E-state index in [1.165, 1.54) is 6.07 Å². The molecule has 2 aromatic carbocycles. The summed E-state index contributed by atoms with van der Waals surface area (Å²) in [7, 11) is -1.25. The highest BCUT2D eigenvalue weighted by Crippen LogP contribution is 2.22. The van der Waals surface area contributed by atoms with Crippen LogP contribution in [0.1, 0.15) is 17.0 Å². The zero-order valence-electron chi connectivity index (χ0n) is 12.7. The fourth-order valence-electron chi connectivity index (χ4n) is 2.26. The molecule has 1 atom stereocenters. The number of rotatable bonds is 5. The van der Waals surface area contributed by atoms with Gasteiger partial charge in [-0.05, 0) is 25.1 Å². The number of aryl methyl sites for hydroxylation is 1. The van der Waals surface area contributed by atoms with E-state index in [1.807, 2.05) is 30.3 Å². The van der Waals surface area contributed by atoms with Gasteiger partial charge in [-0.2, -0.15) is 0 Å². The highest BCUT2D eigenvalue weighted by atomic mass is 32.2. The van der Waals surface area contributed by atoms with Crippen molar-refractivity contribution in [3.05, 3.63) is 77.4 Å². The fourth-order valence-corrected chi connectivity index (χ4v) is 3.51. The van der Waals surface area contributed by atoms with Gasteiger partial charge in [-0.1, -0.05) is 36.4 Å². The minimum atomic E-state index is -1.25. The van der Waals surface area contributed by atoms with E-state index in [-0.39, 0.29) is 17.3 Å². The van der Waals surface area contributed by atoms with E-state index >= 15 is 0 Å². The van der Waals surface area contributed by atoms with E-state index < -0.39 is 10.8 Å². The molecule has 1 heterocycles. The van der Waals surface area contributed by atoms with Crippen molar-refractivity contribution in [3.63, 3.8) is 0 Å². The van der Waals surface area contributed by atoms with Crippen LogP contribution in [0.4, 0.5) is 4.39 Å². The van der Waals surface area contributed by atoms with Gasteiger partial charge in [0.1, 0.15) is 11.6 Å². The third-order valence-corrected chi connectivity index (χ3v) is 4.71. The largest absolute Gasteiger partial charge is 0.441 e. The lowest BCUT2D eigenvalue weighted by atomic mass is 10.2. The van der Waals surface area contributed by atoms with Crippen LogP contribution in [0.5, 0.6) is 0 Å². The number of halogens is 1. The summed E-state index contributed by atoms with van der Waals surface area (Å²) in [4.78, 5) is 4.43. The van der Waals surface area contributed by atoms with Crippen molar-refractivity contribution < 1.29 is 13.0 Å². The Morgan fingerprint density at radius 3 is 2.48 bits per heavy atom. The van der Waals surface area contributed by atoms with E-state index in [2.05, 4.69) is 4.98 Å². The predicted molar refractivity (Wildman–Crippen MR) is 88.6 cm³/mol. The Kier molecular flexibility index (Phi) is 4.67. The maximum Gasteiger partial charge on any atom is 0.226 e. The predicted octanol–water partition coefficient (Wildman–Crippen LogP) is 4.24. The molecular weight excluding hydrogens is 313 g/mol. The summed E-state index contributed by atoms with van der Waals surface area (Å²) >= 11 is 0. The fraction of sp³-hybridized carbons (Fsp3) is 0.167. The minimum Gasteiger partial charge on any atom is -0.441 e. The average Bonchev–Trinajstić information content (AvgIpc) is 2.91. The third-order valence-electron chi connectivity index (χ3n) is 3.49. The molecule has 0 radical (unpaired) electrons. The van der Waals surface area contributed by atoms with Gasteiger partial charge in [-0.3, -0.25) is 4.21 Å². The first-order valence-corrected chi connectivity index (χ1v) is 8.72. The van der Waals surface area contributed by atoms with Crippen LogP contribution >= 0.6 is 0 Å². The topological polar surface area (TPSA) is 43.1 Å². The van der Waals surface area contributed by atoms with Crippen LogP contribution in [-0.4, -0.2) is 9.19 Å². The Bertz CT molecular complexity index is 830. The van der Waals surface area contributed by atoms with E-state index in [9.17, 15) is 8.60 Å². The summed E-state index contributed by atoms with van der Waals surface area (Å²) in [6, 6.07) is 15.9. The number of benzene rings is 2. The van der Waals surface area contributed by atoms with Crippen LogP contribution in [0.3, 0.4) is 0 Å². The lowest BCUT2D eigenvalue weighted by Gasteiger charge is -2.02. The maximum absolute atomic E-state index is 13.6. The number of oxazole rings is 1. The Labute approximate surface area is 136 Å². The number of aromatic nitrogens is 1. The van der Waals surface area contributed by atoms with Crippen molar-refractivity contribution >= 4 is 10.8 Å². The molecule has 0 aliphatic rings. The summed E-state index contributed by atoms with van der Waals surface area (Å²) in [6.45, 7) is 1.80. The normalized spacial score (nSPS) is 12.3. The van der Waals surface area contributed by atoms with Gasteiger partial charge in [0.05, 0.1) is 17.2 Å². The number of hydrogen-bond donors (Lipinski definition) is 0. The molecule has 0 spiro atoms. The Morgan fingerprint density at radius 1 is 1.04 bits per heavy atom. The standard InChI is InChI=1S/C18H16FNO2S/c1-13-17(20-18(22-13)14-7-3-2-4-8-14)12-23(21)11-15-9-5-6-10-16(15)19/h2-10H,11-12H2,1H3. The molecule has 118 valence electrons. The quantitative estimate of drug-likeness (QED) is 0.703. The number of nitrogens with zero attached hydrogens (tertiary/aromatic N) is 1. The smallest absolute Gasteiger partial charge is 0.226 e. The summed E-state index contributed by atoms with van der Waals surface area (Å²) in [6.07, 6.45) is 0. The molecule has 0 saturated heterocycles. The van der Waals surface area contributed by atoms with Gasteiger partial charge >= 0.3 is 0 Å². The molecule has 0 aliphatic carbocycles. The zero-order chi connectivity index (χ0) is 16.2. The molecule has 23 heavy (non-hydrogen) atoms. The molecule has 5 heteroatoms. The summed E-state index contributed by atoms with van der Waals surface area (Å²) in [5.74, 6) is 1.24. The molecule has 3 aromatic rings. The number of hydrogen-bond acceptors (Lipinski definition) is 3. The molecule has 0 bridgehead atoms. The van der Waals surface area contributed by atoms with Gasteiger partial charge in [0.2, 0.25) is 5.89 Å². The van der Waals surface area contributed by atoms with E-state index in [0.29, 0.717) is 22.9 Å². The molecule has 0 N–H and O–H groups in total. The highest BCUT2D eigenvalue weighted by molar-refractivity contribution is 7.83. The Morgan fingerprint density at radius 2 is 1.74 bits per heavy atom. The monoisotopic (exact) mass is 329 g/mol. The van der Waals surface area contributed by atoms with Gasteiger partial charge in [0.25, 0.3) is 0 Å². The third kappa shape index (κ3) is 3.74. The highest BCUT2D eigenvalue weighted by Gasteiger charge is 2.15. The molecule has 3 rings (SSSR count). The Balaban J connectivity index is 1.74. The van der Waals surface area contributed by atoms with Crippen molar-refractivity contribution in [2.75, 3.05) is 0 Å². The van der Waals surface area contributed by atoms with Crippen LogP contribution in [0.25, 0.3) is 11.5 Å². The second kappa shape index (κ2) is 6.87. The molecule has 0 aliphatic heterocycles. The summed E-state index contributed by atoms with van der Waals surface area (Å²) < 4.78 is 31.6. The van der Waals surface area contributed by atoms with Crippen LogP contribution in [0, 0.1) is 12.7 Å². The summed E-state index contributed by atoms with van der Waals surface area (Å²) in [5, 5.41) is 0. The van der Waals surface area contributed by atoms with Crippen molar-refractivity contribution in [2.45, 2.75) is 18.4 Å². The first kappa shape index (κ1) is 15.6. The lowest BCUT2D eigenvalue weighted by Crippen LogP contribution is -2.02. The summed E-state index contributed by atoms with van der Waals surface area (Å²) in [5.41, 5.74) is 1.98. The van der Waals surface area contributed by atoms with Gasteiger partial charge in [-0.15, -0.1) is 0 Å². The van der Waals surface area contributed by atoms with E-state index in [0.717, 1.165) is 5.56 Å². The van der Waals surface area contributed by atoms with Crippen LogP contribution in [0.2, 0.25) is 0 Å². The SMILES string of the molecule is Cc1oc(-c2ccccc2)nc1CS(=O)Cc1ccccc1F. The van der Waals surface area contributed by atoms with Gasteiger partial charge in [-0.25, -0.2) is 9.37 Å². The average molecular weight is 329 g/mol. The molecule has 1 unspecified atom stereocenters. The minimum absolute atomic E-state index is 0.166. The Hall–Kier alpha value is -2.27. The van der Waals surface area contributed by atoms with E-state index in [1.54, 1.807) is 25.1 Å². The van der Waals surface area contributed by atoms with Gasteiger partial charge in [0.15, 0.2) is 0 Å². The van der Waals surface area contributed by atoms with Crippen molar-refractivity contribution in [3.8, 4) is 11.5 Å². The van der Waals surface area contributed by atoms with Crippen LogP contribution < -0.4 is 0 Å². The molecule has 3 nitrogen and oxygen atoms in total. The molecular formula is C18H16FNO2S. The van der Waals surface area contributed by atoms with Crippen LogP contribution in [-0.2, 0) is 22.3 Å². The van der Waals surface area contributed by atoms with Gasteiger partial charge in [0, 0.05) is 21.9 Å². The van der Waals surface area contributed by atoms with Crippen molar-refractivity contribution in [1.82, 2.24) is 4.98 Å². The van der Waals surface area contributed by atoms with Crippen LogP contribution in [0.15, 0.2) is 59.0 Å². The van der Waals surface area contributed by atoms with E-state index in [4.69, 9.17) is 4.42 Å².